The van der Waals surface area contributed by atoms with Gasteiger partial charge >= 0.3 is 6.09 Å². The third-order valence-electron chi connectivity index (χ3n) is 6.77. The molecule has 1 atom stereocenters. The van der Waals surface area contributed by atoms with Crippen LogP contribution in [0.5, 0.6) is 5.75 Å². The van der Waals surface area contributed by atoms with Gasteiger partial charge in [-0.1, -0.05) is 43.2 Å². The average Bonchev–Trinajstić information content (AvgIpc) is 3.43. The van der Waals surface area contributed by atoms with Crippen LogP contribution in [-0.4, -0.2) is 44.6 Å². The van der Waals surface area contributed by atoms with E-state index in [9.17, 15) is 9.90 Å². The number of fused-ring (bicyclic) bond motifs is 1. The lowest BCUT2D eigenvalue weighted by Crippen LogP contribution is -2.51. The number of nitrogens with zero attached hydrogens (tertiary/aromatic N) is 3. The van der Waals surface area contributed by atoms with Crippen LogP contribution in [0, 0.1) is 0 Å². The minimum atomic E-state index is -0.618. The minimum absolute atomic E-state index is 0.278. The van der Waals surface area contributed by atoms with Crippen LogP contribution in [0.25, 0.3) is 0 Å². The number of carbonyl (C=O) groups excluding carboxylic acids is 1. The van der Waals surface area contributed by atoms with Crippen LogP contribution in [0.3, 0.4) is 0 Å². The zero-order valence-electron chi connectivity index (χ0n) is 17.2. The molecule has 7 heteroatoms. The second kappa shape index (κ2) is 7.95. The third-order valence-corrected chi connectivity index (χ3v) is 6.77. The van der Waals surface area contributed by atoms with E-state index < -0.39 is 11.7 Å². The molecule has 1 saturated heterocycles. The summed E-state index contributed by atoms with van der Waals surface area (Å²) in [6, 6.07) is 10.1. The fraction of sp³-hybridized carbons (Fsp3) is 0.565. The third kappa shape index (κ3) is 3.78. The normalized spacial score (nSPS) is 23.2. The molecule has 2 fully saturated rings. The van der Waals surface area contributed by atoms with Crippen LogP contribution in [-0.2, 0) is 11.3 Å². The van der Waals surface area contributed by atoms with Crippen molar-refractivity contribution in [3.8, 4) is 5.75 Å². The number of rotatable bonds is 3. The molecule has 7 nitrogen and oxygen atoms in total. The lowest BCUT2D eigenvalue weighted by Gasteiger charge is -2.44. The lowest BCUT2D eigenvalue weighted by atomic mass is 9.83. The zero-order chi connectivity index (χ0) is 20.6. The Morgan fingerprint density at radius 1 is 1.20 bits per heavy atom. The van der Waals surface area contributed by atoms with Crippen LogP contribution in [0.15, 0.2) is 36.5 Å². The van der Waals surface area contributed by atoms with Gasteiger partial charge in [0.1, 0.15) is 24.0 Å². The summed E-state index contributed by atoms with van der Waals surface area (Å²) in [6.07, 6.45) is 7.69. The molecule has 3 aliphatic rings. The number of piperidine rings is 1. The van der Waals surface area contributed by atoms with Gasteiger partial charge in [0.15, 0.2) is 5.75 Å². The number of hydrogen-bond acceptors (Lipinski definition) is 5. The van der Waals surface area contributed by atoms with Crippen LogP contribution in [0.1, 0.15) is 68.3 Å². The maximum Gasteiger partial charge on any atom is 0.410 e. The van der Waals surface area contributed by atoms with Crippen LogP contribution in [0.4, 0.5) is 4.79 Å². The molecule has 1 N–H and O–H groups in total. The van der Waals surface area contributed by atoms with Crippen molar-refractivity contribution >= 4 is 6.09 Å². The maximum absolute atomic E-state index is 12.5. The van der Waals surface area contributed by atoms with Crippen molar-refractivity contribution in [2.24, 2.45) is 0 Å². The van der Waals surface area contributed by atoms with E-state index in [2.05, 4.69) is 5.10 Å². The number of amides is 1. The first kappa shape index (κ1) is 19.4. The fourth-order valence-electron chi connectivity index (χ4n) is 4.99. The fourth-order valence-corrected chi connectivity index (χ4v) is 4.99. The Balaban J connectivity index is 1.20. The Hall–Kier alpha value is -2.54. The summed E-state index contributed by atoms with van der Waals surface area (Å²) in [5.41, 5.74) is 1.20. The molecule has 1 saturated carbocycles. The molecule has 1 aliphatic carbocycles. The molecule has 5 rings (SSSR count). The van der Waals surface area contributed by atoms with Crippen molar-refractivity contribution in [1.82, 2.24) is 14.7 Å². The number of ether oxygens (including phenoxy) is 2. The standard InChI is InChI=1S/C23H29N3O4/c27-19-14-23(30-20-15-26(24-21(19)20)18-8-4-5-9-18)10-12-25(13-11-23)22(28)29-16-17-6-2-1-3-7-17/h1-3,6-7,15,18-19,27H,4-5,8-14,16H2. The Morgan fingerprint density at radius 2 is 1.93 bits per heavy atom. The van der Waals surface area contributed by atoms with Gasteiger partial charge in [-0.15, -0.1) is 0 Å². The van der Waals surface area contributed by atoms with Crippen molar-refractivity contribution in [1.29, 1.82) is 0 Å². The largest absolute Gasteiger partial charge is 0.483 e. The monoisotopic (exact) mass is 411 g/mol. The highest BCUT2D eigenvalue weighted by Gasteiger charge is 2.45. The number of benzene rings is 1. The van der Waals surface area contributed by atoms with Crippen molar-refractivity contribution in [3.63, 3.8) is 0 Å². The summed E-state index contributed by atoms with van der Waals surface area (Å²) in [4.78, 5) is 14.2. The SMILES string of the molecule is O=C(OCc1ccccc1)N1CCC2(CC1)CC(O)c1nn(C3CCCC3)cc1O2. The molecule has 1 aromatic heterocycles. The number of likely N-dealkylation sites (tertiary alicyclic amines) is 1. The number of aliphatic hydroxyl groups is 1. The number of aromatic nitrogens is 2. The van der Waals surface area contributed by atoms with Gasteiger partial charge < -0.3 is 19.5 Å². The molecule has 0 bridgehead atoms. The van der Waals surface area contributed by atoms with E-state index in [1.807, 2.05) is 41.2 Å². The molecule has 0 radical (unpaired) electrons. The van der Waals surface area contributed by atoms with E-state index in [-0.39, 0.29) is 12.7 Å². The summed E-state index contributed by atoms with van der Waals surface area (Å²) in [5.74, 6) is 0.709. The molecular weight excluding hydrogens is 382 g/mol. The maximum atomic E-state index is 12.5. The second-order valence-electron chi connectivity index (χ2n) is 8.83. The molecule has 1 aromatic carbocycles. The first-order valence-electron chi connectivity index (χ1n) is 11.0. The molecular formula is C23H29N3O4. The molecule has 1 spiro atoms. The quantitative estimate of drug-likeness (QED) is 0.827. The smallest absolute Gasteiger partial charge is 0.410 e. The first-order valence-corrected chi connectivity index (χ1v) is 11.0. The Bertz CT molecular complexity index is 883. The highest BCUT2D eigenvalue weighted by molar-refractivity contribution is 5.67. The predicted molar refractivity (Wildman–Crippen MR) is 110 cm³/mol. The van der Waals surface area contributed by atoms with E-state index in [1.165, 1.54) is 12.8 Å². The summed E-state index contributed by atoms with van der Waals surface area (Å²) >= 11 is 0. The van der Waals surface area contributed by atoms with Gasteiger partial charge in [0.05, 0.1) is 12.2 Å². The topological polar surface area (TPSA) is 76.8 Å². The van der Waals surface area contributed by atoms with Crippen LogP contribution in [0.2, 0.25) is 0 Å². The van der Waals surface area contributed by atoms with Gasteiger partial charge in [0.2, 0.25) is 0 Å². The predicted octanol–water partition coefficient (Wildman–Crippen LogP) is 3.99. The van der Waals surface area contributed by atoms with Crippen molar-refractivity contribution in [2.45, 2.75) is 69.3 Å². The van der Waals surface area contributed by atoms with Crippen molar-refractivity contribution < 1.29 is 19.4 Å². The van der Waals surface area contributed by atoms with Crippen molar-refractivity contribution in [2.75, 3.05) is 13.1 Å². The van der Waals surface area contributed by atoms with Gasteiger partial charge in [0.25, 0.3) is 0 Å². The number of hydrogen-bond donors (Lipinski definition) is 1. The molecule has 30 heavy (non-hydrogen) atoms. The van der Waals surface area contributed by atoms with Gasteiger partial charge in [-0.25, -0.2) is 4.79 Å². The van der Waals surface area contributed by atoms with E-state index in [4.69, 9.17) is 9.47 Å². The molecule has 160 valence electrons. The summed E-state index contributed by atoms with van der Waals surface area (Å²) < 4.78 is 13.9. The Kier molecular flexibility index (Phi) is 5.15. The van der Waals surface area contributed by atoms with Crippen LogP contribution >= 0.6 is 0 Å². The van der Waals surface area contributed by atoms with Gasteiger partial charge in [-0.2, -0.15) is 5.10 Å². The zero-order valence-corrected chi connectivity index (χ0v) is 17.2. The van der Waals surface area contributed by atoms with Gasteiger partial charge in [-0.05, 0) is 18.4 Å². The molecule has 3 heterocycles. The van der Waals surface area contributed by atoms with Gasteiger partial charge in [-0.3, -0.25) is 4.68 Å². The molecule has 1 unspecified atom stereocenters. The van der Waals surface area contributed by atoms with Crippen molar-refractivity contribution in [3.05, 3.63) is 47.8 Å². The molecule has 2 aromatic rings. The lowest BCUT2D eigenvalue weighted by molar-refractivity contribution is -0.0531. The van der Waals surface area contributed by atoms with Gasteiger partial charge in [0, 0.05) is 32.4 Å². The minimum Gasteiger partial charge on any atom is -0.483 e. The summed E-state index contributed by atoms with van der Waals surface area (Å²) in [5, 5.41) is 15.4. The Morgan fingerprint density at radius 3 is 2.67 bits per heavy atom. The number of aliphatic hydroxyl groups excluding tert-OH is 1. The van der Waals surface area contributed by atoms with E-state index in [1.54, 1.807) is 4.90 Å². The molecule has 2 aliphatic heterocycles. The summed E-state index contributed by atoms with van der Waals surface area (Å²) in [7, 11) is 0. The van der Waals surface area contributed by atoms with Crippen LogP contribution < -0.4 is 4.74 Å². The average molecular weight is 412 g/mol. The van der Waals surface area contributed by atoms with E-state index >= 15 is 0 Å². The first-order chi connectivity index (χ1) is 14.6. The summed E-state index contributed by atoms with van der Waals surface area (Å²) in [6.45, 7) is 1.40. The molecule has 1 amide bonds. The second-order valence-corrected chi connectivity index (χ2v) is 8.83. The number of carbonyl (C=O) groups is 1. The highest BCUT2D eigenvalue weighted by Crippen LogP contribution is 2.44. The van der Waals surface area contributed by atoms with E-state index in [0.717, 1.165) is 18.4 Å². The Labute approximate surface area is 176 Å². The highest BCUT2D eigenvalue weighted by atomic mass is 16.6. The van der Waals surface area contributed by atoms with E-state index in [0.29, 0.717) is 49.8 Å².